The fourth-order valence-corrected chi connectivity index (χ4v) is 2.19. The maximum absolute atomic E-state index is 11.0. The van der Waals surface area contributed by atoms with Crippen LogP contribution in [0.2, 0.25) is 0 Å². The summed E-state index contributed by atoms with van der Waals surface area (Å²) in [6, 6.07) is 1.73. The van der Waals surface area contributed by atoms with E-state index in [0.717, 1.165) is 30.5 Å². The van der Waals surface area contributed by atoms with Gasteiger partial charge in [0.1, 0.15) is 11.9 Å². The first-order valence-corrected chi connectivity index (χ1v) is 5.85. The maximum atomic E-state index is 11.0. The first-order valence-electron chi connectivity index (χ1n) is 5.85. The quantitative estimate of drug-likeness (QED) is 0.817. The molecule has 1 aliphatic carbocycles. The average Bonchev–Trinajstić information content (AvgIpc) is 2.98. The molecule has 5 heteroatoms. The SMILES string of the molecule is CC.O=C(O)c1cc2c(n3cnnc13)CCC2. The van der Waals surface area contributed by atoms with Gasteiger partial charge in [-0.25, -0.2) is 4.79 Å². The Hall–Kier alpha value is -1.91. The molecule has 2 heterocycles. The van der Waals surface area contributed by atoms with Crippen LogP contribution in [-0.2, 0) is 12.8 Å². The van der Waals surface area contributed by atoms with E-state index in [0.29, 0.717) is 5.65 Å². The van der Waals surface area contributed by atoms with Gasteiger partial charge < -0.3 is 5.11 Å². The Labute approximate surface area is 99.1 Å². The Morgan fingerprint density at radius 1 is 1.41 bits per heavy atom. The summed E-state index contributed by atoms with van der Waals surface area (Å²) in [5, 5.41) is 16.7. The summed E-state index contributed by atoms with van der Waals surface area (Å²) in [6.45, 7) is 4.00. The molecule has 0 aromatic carbocycles. The summed E-state index contributed by atoms with van der Waals surface area (Å²) in [4.78, 5) is 11.0. The summed E-state index contributed by atoms with van der Waals surface area (Å²) in [6.07, 6.45) is 4.59. The van der Waals surface area contributed by atoms with E-state index in [2.05, 4.69) is 10.2 Å². The van der Waals surface area contributed by atoms with Crippen LogP contribution in [0.3, 0.4) is 0 Å². The van der Waals surface area contributed by atoms with Crippen molar-refractivity contribution < 1.29 is 9.90 Å². The van der Waals surface area contributed by atoms with Crippen molar-refractivity contribution in [3.63, 3.8) is 0 Å². The standard InChI is InChI=1S/C10H9N3O2.C2H6/c14-10(15)7-4-6-2-1-3-8(6)13-5-11-12-9(7)13;1-2/h4-5H,1-3H2,(H,14,15);1-2H3. The third-order valence-corrected chi connectivity index (χ3v) is 2.86. The number of rotatable bonds is 1. The number of carbonyl (C=O) groups is 1. The van der Waals surface area contributed by atoms with Crippen molar-refractivity contribution in [3.8, 4) is 0 Å². The molecule has 0 spiro atoms. The smallest absolute Gasteiger partial charge is 0.339 e. The van der Waals surface area contributed by atoms with E-state index in [9.17, 15) is 4.79 Å². The summed E-state index contributed by atoms with van der Waals surface area (Å²) in [7, 11) is 0. The third-order valence-electron chi connectivity index (χ3n) is 2.86. The number of carboxylic acids is 1. The lowest BCUT2D eigenvalue weighted by molar-refractivity contribution is 0.0698. The molecule has 1 aliphatic rings. The molecule has 1 N–H and O–H groups in total. The van der Waals surface area contributed by atoms with E-state index >= 15 is 0 Å². The Balaban J connectivity index is 0.000000514. The van der Waals surface area contributed by atoms with Crippen molar-refractivity contribution >= 4 is 11.6 Å². The first kappa shape index (κ1) is 11.6. The minimum atomic E-state index is -0.942. The highest BCUT2D eigenvalue weighted by Gasteiger charge is 2.20. The van der Waals surface area contributed by atoms with E-state index in [1.807, 2.05) is 13.8 Å². The molecular formula is C12H15N3O2. The molecular weight excluding hydrogens is 218 g/mol. The first-order chi connectivity index (χ1) is 8.27. The van der Waals surface area contributed by atoms with Crippen LogP contribution < -0.4 is 0 Å². The lowest BCUT2D eigenvalue weighted by atomic mass is 10.1. The Kier molecular flexibility index (Phi) is 3.08. The van der Waals surface area contributed by atoms with Crippen LogP contribution in [0, 0.1) is 0 Å². The summed E-state index contributed by atoms with van der Waals surface area (Å²) in [5.41, 5.74) is 2.95. The second-order valence-electron chi connectivity index (χ2n) is 3.71. The molecule has 0 saturated heterocycles. The fourth-order valence-electron chi connectivity index (χ4n) is 2.19. The largest absolute Gasteiger partial charge is 0.478 e. The van der Waals surface area contributed by atoms with Gasteiger partial charge in [0.05, 0.1) is 0 Å². The van der Waals surface area contributed by atoms with Crippen molar-refractivity contribution in [1.29, 1.82) is 0 Å². The predicted octanol–water partition coefficient (Wildman–Crippen LogP) is 1.94. The fraction of sp³-hybridized carbons (Fsp3) is 0.417. The maximum Gasteiger partial charge on any atom is 0.339 e. The van der Waals surface area contributed by atoms with Crippen LogP contribution in [0.1, 0.15) is 41.9 Å². The van der Waals surface area contributed by atoms with E-state index < -0.39 is 5.97 Å². The molecule has 3 rings (SSSR count). The molecule has 0 unspecified atom stereocenters. The molecule has 2 aromatic heterocycles. The van der Waals surface area contributed by atoms with Crippen LogP contribution in [0.4, 0.5) is 0 Å². The second kappa shape index (κ2) is 4.53. The number of carboxylic acid groups (broad SMARTS) is 1. The molecule has 0 amide bonds. The summed E-state index contributed by atoms with van der Waals surface area (Å²) < 4.78 is 1.80. The highest BCUT2D eigenvalue weighted by molar-refractivity contribution is 5.94. The molecule has 0 saturated carbocycles. The van der Waals surface area contributed by atoms with E-state index in [-0.39, 0.29) is 5.56 Å². The highest BCUT2D eigenvalue weighted by atomic mass is 16.4. The normalized spacial score (nSPS) is 13.1. The number of pyridine rings is 1. The van der Waals surface area contributed by atoms with Gasteiger partial charge in [-0.2, -0.15) is 0 Å². The second-order valence-corrected chi connectivity index (χ2v) is 3.71. The average molecular weight is 233 g/mol. The molecule has 17 heavy (non-hydrogen) atoms. The Morgan fingerprint density at radius 3 is 2.88 bits per heavy atom. The van der Waals surface area contributed by atoms with Crippen LogP contribution >= 0.6 is 0 Å². The number of hydrogen-bond donors (Lipinski definition) is 1. The molecule has 90 valence electrons. The Morgan fingerprint density at radius 2 is 2.18 bits per heavy atom. The molecule has 0 atom stereocenters. The van der Waals surface area contributed by atoms with Gasteiger partial charge in [-0.05, 0) is 30.9 Å². The van der Waals surface area contributed by atoms with Crippen molar-refractivity contribution in [3.05, 3.63) is 29.2 Å². The molecule has 0 aliphatic heterocycles. The van der Waals surface area contributed by atoms with Crippen LogP contribution in [0.5, 0.6) is 0 Å². The Bertz CT molecular complexity index is 560. The zero-order valence-electron chi connectivity index (χ0n) is 9.97. The van der Waals surface area contributed by atoms with Crippen LogP contribution in [-0.4, -0.2) is 25.7 Å². The number of fused-ring (bicyclic) bond motifs is 3. The predicted molar refractivity (Wildman–Crippen MR) is 63.3 cm³/mol. The molecule has 0 fully saturated rings. The van der Waals surface area contributed by atoms with Gasteiger partial charge in [0.2, 0.25) is 0 Å². The van der Waals surface area contributed by atoms with Gasteiger partial charge in [0, 0.05) is 5.69 Å². The lowest BCUT2D eigenvalue weighted by Gasteiger charge is -2.05. The van der Waals surface area contributed by atoms with Crippen molar-refractivity contribution in [2.24, 2.45) is 0 Å². The van der Waals surface area contributed by atoms with E-state index in [1.54, 1.807) is 16.8 Å². The molecule has 0 bridgehead atoms. The zero-order valence-corrected chi connectivity index (χ0v) is 9.97. The summed E-state index contributed by atoms with van der Waals surface area (Å²) >= 11 is 0. The monoisotopic (exact) mass is 233 g/mol. The van der Waals surface area contributed by atoms with Crippen LogP contribution in [0.25, 0.3) is 5.65 Å². The minimum absolute atomic E-state index is 0.244. The molecule has 0 radical (unpaired) electrons. The number of aromatic carboxylic acids is 1. The zero-order chi connectivity index (χ0) is 12.4. The minimum Gasteiger partial charge on any atom is -0.478 e. The third kappa shape index (κ3) is 1.77. The topological polar surface area (TPSA) is 67.5 Å². The summed E-state index contributed by atoms with van der Waals surface area (Å²) in [5.74, 6) is -0.942. The van der Waals surface area contributed by atoms with E-state index in [4.69, 9.17) is 5.11 Å². The molecule has 5 nitrogen and oxygen atoms in total. The van der Waals surface area contributed by atoms with Crippen molar-refractivity contribution in [1.82, 2.24) is 14.6 Å². The van der Waals surface area contributed by atoms with Gasteiger partial charge in [-0.1, -0.05) is 13.8 Å². The van der Waals surface area contributed by atoms with Crippen LogP contribution in [0.15, 0.2) is 12.4 Å². The van der Waals surface area contributed by atoms with Gasteiger partial charge in [-0.3, -0.25) is 4.40 Å². The number of aryl methyl sites for hydroxylation is 2. The number of nitrogens with zero attached hydrogens (tertiary/aromatic N) is 3. The lowest BCUT2D eigenvalue weighted by Crippen LogP contribution is -2.05. The molecule has 2 aromatic rings. The van der Waals surface area contributed by atoms with Gasteiger partial charge in [0.25, 0.3) is 0 Å². The van der Waals surface area contributed by atoms with Crippen molar-refractivity contribution in [2.75, 3.05) is 0 Å². The van der Waals surface area contributed by atoms with Gasteiger partial charge in [-0.15, -0.1) is 10.2 Å². The number of aromatic nitrogens is 3. The van der Waals surface area contributed by atoms with Gasteiger partial charge >= 0.3 is 5.97 Å². The highest BCUT2D eigenvalue weighted by Crippen LogP contribution is 2.25. The van der Waals surface area contributed by atoms with Crippen molar-refractivity contribution in [2.45, 2.75) is 33.1 Å². The van der Waals surface area contributed by atoms with Gasteiger partial charge in [0.15, 0.2) is 5.65 Å². The van der Waals surface area contributed by atoms with E-state index in [1.165, 1.54) is 0 Å². The number of hydrogen-bond acceptors (Lipinski definition) is 3.